The molecule has 0 aliphatic carbocycles. The largest absolute Gasteiger partial charge is 0.492 e. The van der Waals surface area contributed by atoms with Crippen LogP contribution >= 0.6 is 23.4 Å². The second-order valence-corrected chi connectivity index (χ2v) is 9.09. The number of hydrogen-bond acceptors (Lipinski definition) is 5. The number of thioether (sulfide) groups is 1. The summed E-state index contributed by atoms with van der Waals surface area (Å²) in [4.78, 5) is 7.86. The number of hydrogen-bond donors (Lipinski definition) is 1. The van der Waals surface area contributed by atoms with Gasteiger partial charge in [0.05, 0.1) is 13.2 Å². The Balaban J connectivity index is 1.38. The average Bonchev–Trinajstić information content (AvgIpc) is 3.07. The van der Waals surface area contributed by atoms with E-state index in [4.69, 9.17) is 21.6 Å². The van der Waals surface area contributed by atoms with Crippen LogP contribution in [0.15, 0.2) is 47.4 Å². The maximum Gasteiger partial charge on any atom is 0.124 e. The van der Waals surface area contributed by atoms with Gasteiger partial charge >= 0.3 is 0 Å². The average molecular weight is 420 g/mol. The second kappa shape index (κ2) is 9.06. The summed E-state index contributed by atoms with van der Waals surface area (Å²) in [6.07, 6.45) is 3.10. The predicted molar refractivity (Wildman–Crippen MR) is 113 cm³/mol. The molecule has 1 N–H and O–H groups in total. The fraction of sp³-hybridized carbons (Fsp3) is 0.455. The molecule has 2 heterocycles. The summed E-state index contributed by atoms with van der Waals surface area (Å²) in [6.45, 7) is 4.30. The molecule has 6 heteroatoms. The zero-order valence-electron chi connectivity index (χ0n) is 15.9. The third kappa shape index (κ3) is 4.34. The van der Waals surface area contributed by atoms with Crippen LogP contribution in [0.25, 0.3) is 0 Å². The van der Waals surface area contributed by atoms with Crippen molar-refractivity contribution in [2.45, 2.75) is 35.3 Å². The summed E-state index contributed by atoms with van der Waals surface area (Å²) in [5, 5.41) is 9.29. The number of benzene rings is 2. The fourth-order valence-corrected chi connectivity index (χ4v) is 5.40. The lowest BCUT2D eigenvalue weighted by Crippen LogP contribution is -2.44. The Morgan fingerprint density at radius 3 is 2.79 bits per heavy atom. The third-order valence-corrected chi connectivity index (χ3v) is 7.32. The van der Waals surface area contributed by atoms with Gasteiger partial charge in [-0.2, -0.15) is 0 Å². The molecular formula is C22H26ClNO3S. The lowest BCUT2D eigenvalue weighted by atomic mass is 9.74. The van der Waals surface area contributed by atoms with E-state index in [1.807, 2.05) is 18.2 Å². The lowest BCUT2D eigenvalue weighted by Gasteiger charge is -2.38. The molecule has 4 rings (SSSR count). The van der Waals surface area contributed by atoms with Crippen molar-refractivity contribution in [3.63, 3.8) is 0 Å². The summed E-state index contributed by atoms with van der Waals surface area (Å²) in [5.41, 5.74) is 2.68. The van der Waals surface area contributed by atoms with Crippen LogP contribution in [0.1, 0.15) is 30.4 Å². The van der Waals surface area contributed by atoms with Crippen molar-refractivity contribution in [1.82, 2.24) is 4.90 Å². The fourth-order valence-electron chi connectivity index (χ4n) is 4.19. The van der Waals surface area contributed by atoms with E-state index < -0.39 is 0 Å². The first-order valence-electron chi connectivity index (χ1n) is 9.82. The highest BCUT2D eigenvalue weighted by Gasteiger charge is 2.42. The van der Waals surface area contributed by atoms with Gasteiger partial charge < -0.3 is 9.64 Å². The van der Waals surface area contributed by atoms with Gasteiger partial charge in [0.25, 0.3) is 0 Å². The number of fused-ring (bicyclic) bond motifs is 2. The van der Waals surface area contributed by atoms with Crippen LogP contribution in [-0.4, -0.2) is 43.0 Å². The number of rotatable bonds is 7. The summed E-state index contributed by atoms with van der Waals surface area (Å²) in [7, 11) is 0. The molecule has 2 aliphatic rings. The first kappa shape index (κ1) is 20.0. The third-order valence-electron chi connectivity index (χ3n) is 5.90. The molecule has 2 aliphatic heterocycles. The molecule has 4 nitrogen and oxygen atoms in total. The molecule has 1 spiro atoms. The summed E-state index contributed by atoms with van der Waals surface area (Å²) in [6, 6.07) is 14.7. The molecule has 0 bridgehead atoms. The molecule has 2 aromatic rings. The highest BCUT2D eigenvalue weighted by Crippen LogP contribution is 2.46. The minimum Gasteiger partial charge on any atom is -0.492 e. The van der Waals surface area contributed by atoms with Crippen molar-refractivity contribution in [3.8, 4) is 5.75 Å². The van der Waals surface area contributed by atoms with Crippen LogP contribution in [-0.2, 0) is 16.1 Å². The lowest BCUT2D eigenvalue weighted by molar-refractivity contribution is -0.243. The predicted octanol–water partition coefficient (Wildman–Crippen LogP) is 5.24. The van der Waals surface area contributed by atoms with Crippen molar-refractivity contribution in [2.24, 2.45) is 0 Å². The van der Waals surface area contributed by atoms with E-state index >= 15 is 0 Å². The molecular weight excluding hydrogens is 394 g/mol. The maximum atomic E-state index is 8.47. The Morgan fingerprint density at radius 2 is 2.00 bits per heavy atom. The minimum atomic E-state index is 0.158. The summed E-state index contributed by atoms with van der Waals surface area (Å²) < 4.78 is 6.13. The van der Waals surface area contributed by atoms with E-state index in [2.05, 4.69) is 34.1 Å². The molecule has 28 heavy (non-hydrogen) atoms. The SMILES string of the molecule is OOCCCN1CCC2(CC1)COc1cc(SCc3ccccc3Cl)ccc12. The van der Waals surface area contributed by atoms with Crippen molar-refractivity contribution in [2.75, 3.05) is 32.8 Å². The van der Waals surface area contributed by atoms with Gasteiger partial charge in [-0.15, -0.1) is 11.8 Å². The number of likely N-dealkylation sites (tertiary alicyclic amines) is 1. The first-order chi connectivity index (χ1) is 13.7. The molecule has 0 unspecified atom stereocenters. The Bertz CT molecular complexity index is 808. The van der Waals surface area contributed by atoms with Crippen LogP contribution in [0.5, 0.6) is 5.75 Å². The molecule has 0 aromatic heterocycles. The van der Waals surface area contributed by atoms with Crippen LogP contribution in [0, 0.1) is 0 Å². The van der Waals surface area contributed by atoms with Crippen molar-refractivity contribution in [1.29, 1.82) is 0 Å². The van der Waals surface area contributed by atoms with E-state index in [9.17, 15) is 0 Å². The topological polar surface area (TPSA) is 41.9 Å². The quantitative estimate of drug-likeness (QED) is 0.288. The molecule has 0 saturated carbocycles. The van der Waals surface area contributed by atoms with Gasteiger partial charge in [-0.05, 0) is 56.1 Å². The number of halogens is 1. The van der Waals surface area contributed by atoms with E-state index in [0.717, 1.165) is 67.6 Å². The van der Waals surface area contributed by atoms with E-state index in [-0.39, 0.29) is 5.41 Å². The summed E-state index contributed by atoms with van der Waals surface area (Å²) >= 11 is 8.07. The molecule has 0 amide bonds. The van der Waals surface area contributed by atoms with Crippen molar-refractivity contribution >= 4 is 23.4 Å². The van der Waals surface area contributed by atoms with Crippen molar-refractivity contribution in [3.05, 3.63) is 58.6 Å². The van der Waals surface area contributed by atoms with Gasteiger partial charge in [0.2, 0.25) is 0 Å². The monoisotopic (exact) mass is 419 g/mol. The number of piperidine rings is 1. The van der Waals surface area contributed by atoms with Crippen molar-refractivity contribution < 1.29 is 14.9 Å². The number of nitrogens with zero attached hydrogens (tertiary/aromatic N) is 1. The van der Waals surface area contributed by atoms with E-state index in [0.29, 0.717) is 6.61 Å². The highest BCUT2D eigenvalue weighted by atomic mass is 35.5. The first-order valence-corrected chi connectivity index (χ1v) is 11.2. The van der Waals surface area contributed by atoms with Gasteiger partial charge in [0, 0.05) is 33.2 Å². The van der Waals surface area contributed by atoms with Gasteiger partial charge in [-0.25, -0.2) is 4.89 Å². The molecule has 1 saturated heterocycles. The maximum absolute atomic E-state index is 8.47. The van der Waals surface area contributed by atoms with Crippen LogP contribution in [0.4, 0.5) is 0 Å². The zero-order valence-corrected chi connectivity index (χ0v) is 17.5. The molecule has 0 atom stereocenters. The normalized spacial score (nSPS) is 18.2. The number of ether oxygens (including phenoxy) is 1. The Morgan fingerprint density at radius 1 is 1.18 bits per heavy atom. The molecule has 2 aromatic carbocycles. The second-order valence-electron chi connectivity index (χ2n) is 7.64. The minimum absolute atomic E-state index is 0.158. The van der Waals surface area contributed by atoms with Gasteiger partial charge in [-0.3, -0.25) is 5.26 Å². The smallest absolute Gasteiger partial charge is 0.124 e. The van der Waals surface area contributed by atoms with Gasteiger partial charge in [0.15, 0.2) is 0 Å². The standard InChI is InChI=1S/C22H26ClNO3S/c23-20-5-2-1-4-17(20)15-28-18-6-7-19-21(14-18)26-16-22(19)8-11-24(12-9-22)10-3-13-27-25/h1-2,4-7,14,25H,3,8-13,15-16H2. The van der Waals surface area contributed by atoms with Crippen LogP contribution in [0.3, 0.4) is 0 Å². The zero-order chi connectivity index (χ0) is 19.4. The van der Waals surface area contributed by atoms with E-state index in [1.54, 1.807) is 11.8 Å². The molecule has 150 valence electrons. The Kier molecular flexibility index (Phi) is 6.48. The Hall–Kier alpha value is -1.24. The summed E-state index contributed by atoms with van der Waals surface area (Å²) in [5.74, 6) is 1.90. The van der Waals surface area contributed by atoms with Gasteiger partial charge in [-0.1, -0.05) is 35.9 Å². The van der Waals surface area contributed by atoms with E-state index in [1.165, 1.54) is 10.5 Å². The highest BCUT2D eigenvalue weighted by molar-refractivity contribution is 7.98. The van der Waals surface area contributed by atoms with Crippen LogP contribution < -0.4 is 4.74 Å². The van der Waals surface area contributed by atoms with Crippen LogP contribution in [0.2, 0.25) is 5.02 Å². The Labute approximate surface area is 175 Å². The molecule has 0 radical (unpaired) electrons. The van der Waals surface area contributed by atoms with Gasteiger partial charge in [0.1, 0.15) is 5.75 Å². The molecule has 1 fully saturated rings.